The molecule has 0 aliphatic carbocycles. The van der Waals surface area contributed by atoms with Crippen molar-refractivity contribution in [2.75, 3.05) is 19.8 Å². The van der Waals surface area contributed by atoms with Gasteiger partial charge in [0.15, 0.2) is 0 Å². The molecule has 0 N–H and O–H groups in total. The van der Waals surface area contributed by atoms with E-state index in [0.29, 0.717) is 0 Å². The molecule has 0 saturated carbocycles. The van der Waals surface area contributed by atoms with Gasteiger partial charge in [0.2, 0.25) is 0 Å². The maximum absolute atomic E-state index is 5.48. The van der Waals surface area contributed by atoms with Crippen LogP contribution in [0, 0.1) is 6.42 Å². The van der Waals surface area contributed by atoms with Crippen molar-refractivity contribution in [2.45, 2.75) is 38.7 Å². The quantitative estimate of drug-likeness (QED) is 0.590. The molecule has 1 atom stereocenters. The summed E-state index contributed by atoms with van der Waals surface area (Å²) in [5.41, 5.74) is 0. The first-order valence-corrected chi connectivity index (χ1v) is 4.96. The van der Waals surface area contributed by atoms with E-state index in [1.807, 2.05) is 0 Å². The molecule has 1 aliphatic heterocycles. The van der Waals surface area contributed by atoms with E-state index in [-0.39, 0.29) is 6.10 Å². The van der Waals surface area contributed by atoms with Crippen LogP contribution in [0.3, 0.4) is 0 Å². The molecule has 1 unspecified atom stereocenters. The molecule has 1 saturated heterocycles. The fourth-order valence-electron chi connectivity index (χ4n) is 1.34. The number of hydrogen-bond acceptors (Lipinski definition) is 2. The Bertz CT molecular complexity index is 98.0. The lowest BCUT2D eigenvalue weighted by Gasteiger charge is -2.22. The van der Waals surface area contributed by atoms with Gasteiger partial charge in [-0.15, -0.1) is 0 Å². The molecule has 1 radical (unpaired) electrons. The fraction of sp³-hybridized carbons (Fsp3) is 0.900. The van der Waals surface area contributed by atoms with Gasteiger partial charge in [0.1, 0.15) is 0 Å². The van der Waals surface area contributed by atoms with E-state index in [9.17, 15) is 0 Å². The molecule has 12 heavy (non-hydrogen) atoms. The molecule has 0 spiro atoms. The Morgan fingerprint density at radius 2 is 2.25 bits per heavy atom. The minimum Gasteiger partial charge on any atom is -0.376 e. The lowest BCUT2D eigenvalue weighted by atomic mass is 10.1. The number of unbranched alkanes of at least 4 members (excludes halogenated alkanes) is 3. The van der Waals surface area contributed by atoms with Crippen LogP contribution >= 0.6 is 0 Å². The first-order chi connectivity index (χ1) is 5.93. The third-order valence-electron chi connectivity index (χ3n) is 2.08. The van der Waals surface area contributed by atoms with Crippen molar-refractivity contribution in [3.8, 4) is 0 Å². The lowest BCUT2D eigenvalue weighted by Crippen LogP contribution is -2.28. The number of hydrogen-bond donors (Lipinski definition) is 0. The maximum atomic E-state index is 5.48. The molecule has 1 fully saturated rings. The highest BCUT2D eigenvalue weighted by atomic mass is 16.6. The van der Waals surface area contributed by atoms with Crippen LogP contribution in [0.25, 0.3) is 0 Å². The van der Waals surface area contributed by atoms with E-state index in [0.717, 1.165) is 19.8 Å². The van der Waals surface area contributed by atoms with Crippen LogP contribution < -0.4 is 0 Å². The van der Waals surface area contributed by atoms with E-state index in [1.54, 1.807) is 0 Å². The Morgan fingerprint density at radius 3 is 2.92 bits per heavy atom. The minimum atomic E-state index is 0.260. The first kappa shape index (κ1) is 10.0. The van der Waals surface area contributed by atoms with Crippen molar-refractivity contribution >= 4 is 0 Å². The molecule has 0 bridgehead atoms. The SMILES string of the molecule is CCCCC[CH]C1COCCO1. The summed E-state index contributed by atoms with van der Waals surface area (Å²) < 4.78 is 10.8. The minimum absolute atomic E-state index is 0.260. The third kappa shape index (κ3) is 4.07. The zero-order valence-electron chi connectivity index (χ0n) is 7.92. The normalized spacial score (nSPS) is 24.2. The van der Waals surface area contributed by atoms with E-state index >= 15 is 0 Å². The van der Waals surface area contributed by atoms with Crippen LogP contribution in [0.5, 0.6) is 0 Å². The van der Waals surface area contributed by atoms with Crippen molar-refractivity contribution in [3.63, 3.8) is 0 Å². The van der Waals surface area contributed by atoms with Gasteiger partial charge in [-0.3, -0.25) is 0 Å². The topological polar surface area (TPSA) is 18.5 Å². The van der Waals surface area contributed by atoms with Gasteiger partial charge in [-0.1, -0.05) is 26.2 Å². The fourth-order valence-corrected chi connectivity index (χ4v) is 1.34. The van der Waals surface area contributed by atoms with Crippen molar-refractivity contribution in [1.29, 1.82) is 0 Å². The first-order valence-electron chi connectivity index (χ1n) is 4.96. The van der Waals surface area contributed by atoms with Crippen molar-refractivity contribution in [3.05, 3.63) is 6.42 Å². The molecular weight excluding hydrogens is 152 g/mol. The van der Waals surface area contributed by atoms with Crippen molar-refractivity contribution in [1.82, 2.24) is 0 Å². The van der Waals surface area contributed by atoms with Crippen LogP contribution in [0.15, 0.2) is 0 Å². The summed E-state index contributed by atoms with van der Waals surface area (Å²) in [4.78, 5) is 0. The van der Waals surface area contributed by atoms with E-state index in [4.69, 9.17) is 9.47 Å². The van der Waals surface area contributed by atoms with Gasteiger partial charge in [-0.05, 0) is 12.8 Å². The van der Waals surface area contributed by atoms with Crippen LogP contribution in [-0.4, -0.2) is 25.9 Å². The highest BCUT2D eigenvalue weighted by Crippen LogP contribution is 2.09. The summed E-state index contributed by atoms with van der Waals surface area (Å²) >= 11 is 0. The number of ether oxygens (including phenoxy) is 2. The summed E-state index contributed by atoms with van der Waals surface area (Å²) in [6.07, 6.45) is 7.57. The van der Waals surface area contributed by atoms with E-state index < -0.39 is 0 Å². The van der Waals surface area contributed by atoms with Gasteiger partial charge >= 0.3 is 0 Å². The second-order valence-corrected chi connectivity index (χ2v) is 3.22. The maximum Gasteiger partial charge on any atom is 0.0841 e. The Hall–Kier alpha value is -0.0800. The van der Waals surface area contributed by atoms with E-state index in [1.165, 1.54) is 25.7 Å². The summed E-state index contributed by atoms with van der Waals surface area (Å²) in [5.74, 6) is 0. The highest BCUT2D eigenvalue weighted by Gasteiger charge is 2.13. The molecule has 71 valence electrons. The largest absolute Gasteiger partial charge is 0.376 e. The van der Waals surface area contributed by atoms with Gasteiger partial charge in [0.05, 0.1) is 25.9 Å². The monoisotopic (exact) mass is 171 g/mol. The Morgan fingerprint density at radius 1 is 1.33 bits per heavy atom. The van der Waals surface area contributed by atoms with Crippen molar-refractivity contribution in [2.24, 2.45) is 0 Å². The average molecular weight is 171 g/mol. The Labute approximate surface area is 75.2 Å². The summed E-state index contributed by atoms with van der Waals surface area (Å²) in [5, 5.41) is 0. The second-order valence-electron chi connectivity index (χ2n) is 3.22. The van der Waals surface area contributed by atoms with Crippen LogP contribution in [0.2, 0.25) is 0 Å². The predicted octanol–water partition coefficient (Wildman–Crippen LogP) is 2.19. The molecule has 0 aromatic carbocycles. The van der Waals surface area contributed by atoms with E-state index in [2.05, 4.69) is 13.3 Å². The zero-order valence-corrected chi connectivity index (χ0v) is 7.92. The molecule has 0 aromatic rings. The smallest absolute Gasteiger partial charge is 0.0841 e. The molecule has 1 rings (SSSR count). The van der Waals surface area contributed by atoms with Gasteiger partial charge in [-0.25, -0.2) is 0 Å². The van der Waals surface area contributed by atoms with Crippen LogP contribution in [0.4, 0.5) is 0 Å². The molecule has 0 aromatic heterocycles. The second kappa shape index (κ2) is 6.44. The molecular formula is C10H19O2. The molecule has 0 amide bonds. The number of rotatable bonds is 5. The summed E-state index contributed by atoms with van der Waals surface area (Å²) in [6, 6.07) is 0. The van der Waals surface area contributed by atoms with Crippen LogP contribution in [-0.2, 0) is 9.47 Å². The van der Waals surface area contributed by atoms with Crippen LogP contribution in [0.1, 0.15) is 32.6 Å². The molecule has 2 nitrogen and oxygen atoms in total. The predicted molar refractivity (Wildman–Crippen MR) is 49.0 cm³/mol. The average Bonchev–Trinajstić information content (AvgIpc) is 2.14. The Balaban J connectivity index is 1.91. The lowest BCUT2D eigenvalue weighted by molar-refractivity contribution is -0.0750. The molecule has 1 heterocycles. The Kier molecular flexibility index (Phi) is 5.37. The van der Waals surface area contributed by atoms with Gasteiger partial charge < -0.3 is 9.47 Å². The van der Waals surface area contributed by atoms with Gasteiger partial charge in [0.25, 0.3) is 0 Å². The third-order valence-corrected chi connectivity index (χ3v) is 2.08. The zero-order chi connectivity index (χ0) is 8.65. The van der Waals surface area contributed by atoms with Gasteiger partial charge in [0, 0.05) is 0 Å². The summed E-state index contributed by atoms with van der Waals surface area (Å²) in [6.45, 7) is 4.50. The highest BCUT2D eigenvalue weighted by molar-refractivity contribution is 4.78. The van der Waals surface area contributed by atoms with Crippen molar-refractivity contribution < 1.29 is 9.47 Å². The molecule has 2 heteroatoms. The molecule has 1 aliphatic rings. The summed E-state index contributed by atoms with van der Waals surface area (Å²) in [7, 11) is 0. The standard InChI is InChI=1S/C10H19O2/c1-2-3-4-5-6-10-9-11-7-8-12-10/h6,10H,2-5,7-9H2,1H3. The van der Waals surface area contributed by atoms with Gasteiger partial charge in [-0.2, -0.15) is 0 Å².